The van der Waals surface area contributed by atoms with Gasteiger partial charge in [-0.05, 0) is 17.7 Å². The minimum absolute atomic E-state index is 0.233. The standard InChI is InChI=1S/C17H24ClN3O2/c18-16-3-1-2-15(12-16)13-19-4-6-20(7-5-19)14-17(22)21-8-10-23-11-9-21/h1-3,12H,4-11,13-14H2. The average molecular weight is 338 g/mol. The second-order valence-corrected chi connectivity index (χ2v) is 6.61. The van der Waals surface area contributed by atoms with Crippen molar-refractivity contribution in [2.75, 3.05) is 59.0 Å². The summed E-state index contributed by atoms with van der Waals surface area (Å²) in [4.78, 5) is 18.9. The van der Waals surface area contributed by atoms with Crippen molar-refractivity contribution < 1.29 is 9.53 Å². The van der Waals surface area contributed by atoms with Gasteiger partial charge in [0.15, 0.2) is 0 Å². The topological polar surface area (TPSA) is 36.0 Å². The average Bonchev–Trinajstić information content (AvgIpc) is 2.57. The van der Waals surface area contributed by atoms with E-state index < -0.39 is 0 Å². The predicted octanol–water partition coefficient (Wildman–Crippen LogP) is 1.32. The molecule has 6 heteroatoms. The van der Waals surface area contributed by atoms with E-state index in [1.54, 1.807) is 0 Å². The fourth-order valence-corrected chi connectivity index (χ4v) is 3.32. The summed E-state index contributed by atoms with van der Waals surface area (Å²) < 4.78 is 5.30. The predicted molar refractivity (Wildman–Crippen MR) is 90.6 cm³/mol. The van der Waals surface area contributed by atoms with E-state index >= 15 is 0 Å². The van der Waals surface area contributed by atoms with Gasteiger partial charge in [0.1, 0.15) is 0 Å². The molecule has 0 N–H and O–H groups in total. The molecule has 0 aromatic heterocycles. The van der Waals surface area contributed by atoms with Crippen LogP contribution in [0.1, 0.15) is 5.56 Å². The van der Waals surface area contributed by atoms with Gasteiger partial charge in [0.2, 0.25) is 5.91 Å². The van der Waals surface area contributed by atoms with Gasteiger partial charge < -0.3 is 9.64 Å². The van der Waals surface area contributed by atoms with Gasteiger partial charge in [-0.3, -0.25) is 14.6 Å². The van der Waals surface area contributed by atoms with Crippen molar-refractivity contribution in [2.45, 2.75) is 6.54 Å². The molecule has 0 bridgehead atoms. The molecule has 2 aliphatic rings. The molecule has 0 radical (unpaired) electrons. The monoisotopic (exact) mass is 337 g/mol. The Bertz CT molecular complexity index is 526. The van der Waals surface area contributed by atoms with Gasteiger partial charge in [-0.15, -0.1) is 0 Å². The highest BCUT2D eigenvalue weighted by molar-refractivity contribution is 6.30. The summed E-state index contributed by atoms with van der Waals surface area (Å²) in [6, 6.07) is 8.03. The summed E-state index contributed by atoms with van der Waals surface area (Å²) in [5.74, 6) is 0.233. The molecule has 2 saturated heterocycles. The molecule has 5 nitrogen and oxygen atoms in total. The minimum Gasteiger partial charge on any atom is -0.378 e. The molecular weight excluding hydrogens is 314 g/mol. The van der Waals surface area contributed by atoms with Crippen molar-refractivity contribution in [3.05, 3.63) is 34.9 Å². The third-order valence-corrected chi connectivity index (χ3v) is 4.72. The third-order valence-electron chi connectivity index (χ3n) is 4.48. The van der Waals surface area contributed by atoms with Crippen molar-refractivity contribution in [3.8, 4) is 0 Å². The minimum atomic E-state index is 0.233. The Labute approximate surface area is 142 Å². The Balaban J connectivity index is 1.42. The summed E-state index contributed by atoms with van der Waals surface area (Å²) in [7, 11) is 0. The highest BCUT2D eigenvalue weighted by Crippen LogP contribution is 2.14. The SMILES string of the molecule is O=C(CN1CCN(Cc2cccc(Cl)c2)CC1)N1CCOCC1. The second-order valence-electron chi connectivity index (χ2n) is 6.18. The number of carbonyl (C=O) groups excluding carboxylic acids is 1. The summed E-state index contributed by atoms with van der Waals surface area (Å²) >= 11 is 6.04. The first-order valence-corrected chi connectivity index (χ1v) is 8.63. The van der Waals surface area contributed by atoms with Crippen molar-refractivity contribution in [1.29, 1.82) is 0 Å². The van der Waals surface area contributed by atoms with E-state index in [2.05, 4.69) is 15.9 Å². The number of hydrogen-bond donors (Lipinski definition) is 0. The quantitative estimate of drug-likeness (QED) is 0.830. The van der Waals surface area contributed by atoms with E-state index in [1.165, 1.54) is 5.56 Å². The molecule has 1 aromatic rings. The lowest BCUT2D eigenvalue weighted by Gasteiger charge is -2.36. The summed E-state index contributed by atoms with van der Waals surface area (Å²) in [6.07, 6.45) is 0. The highest BCUT2D eigenvalue weighted by atomic mass is 35.5. The van der Waals surface area contributed by atoms with Crippen LogP contribution in [0, 0.1) is 0 Å². The van der Waals surface area contributed by atoms with Gasteiger partial charge in [0.25, 0.3) is 0 Å². The molecule has 2 heterocycles. The summed E-state index contributed by atoms with van der Waals surface area (Å²) in [5.41, 5.74) is 1.25. The fourth-order valence-electron chi connectivity index (χ4n) is 3.10. The van der Waals surface area contributed by atoms with Gasteiger partial charge in [0, 0.05) is 50.8 Å². The smallest absolute Gasteiger partial charge is 0.236 e. The van der Waals surface area contributed by atoms with Gasteiger partial charge >= 0.3 is 0 Å². The molecule has 0 aliphatic carbocycles. The Kier molecular flexibility index (Phi) is 5.89. The number of halogens is 1. The van der Waals surface area contributed by atoms with Crippen LogP contribution in [0.5, 0.6) is 0 Å². The number of morpholine rings is 1. The van der Waals surface area contributed by atoms with Crippen molar-refractivity contribution in [2.24, 2.45) is 0 Å². The van der Waals surface area contributed by atoms with Gasteiger partial charge in [-0.1, -0.05) is 23.7 Å². The molecule has 0 saturated carbocycles. The largest absolute Gasteiger partial charge is 0.378 e. The van der Waals surface area contributed by atoms with Gasteiger partial charge in [0.05, 0.1) is 19.8 Å². The zero-order valence-electron chi connectivity index (χ0n) is 13.4. The normalized spacial score (nSPS) is 20.7. The lowest BCUT2D eigenvalue weighted by molar-refractivity contribution is -0.136. The summed E-state index contributed by atoms with van der Waals surface area (Å²) in [6.45, 7) is 8.11. The Hall–Kier alpha value is -1.14. The van der Waals surface area contributed by atoms with E-state index in [9.17, 15) is 4.79 Å². The third kappa shape index (κ3) is 4.91. The molecule has 2 fully saturated rings. The Morgan fingerprint density at radius 2 is 1.74 bits per heavy atom. The first-order chi connectivity index (χ1) is 11.2. The number of amides is 1. The van der Waals surface area contributed by atoms with Gasteiger partial charge in [-0.25, -0.2) is 0 Å². The van der Waals surface area contributed by atoms with E-state index in [0.717, 1.165) is 50.8 Å². The molecule has 3 rings (SSSR count). The molecule has 1 aromatic carbocycles. The van der Waals surface area contributed by atoms with Crippen molar-refractivity contribution >= 4 is 17.5 Å². The van der Waals surface area contributed by atoms with Gasteiger partial charge in [-0.2, -0.15) is 0 Å². The van der Waals surface area contributed by atoms with Crippen LogP contribution in [-0.4, -0.2) is 79.6 Å². The van der Waals surface area contributed by atoms with Crippen LogP contribution < -0.4 is 0 Å². The van der Waals surface area contributed by atoms with Crippen molar-refractivity contribution in [1.82, 2.24) is 14.7 Å². The Morgan fingerprint density at radius 3 is 2.43 bits per heavy atom. The lowest BCUT2D eigenvalue weighted by Crippen LogP contribution is -2.51. The van der Waals surface area contributed by atoms with Crippen LogP contribution in [0.4, 0.5) is 0 Å². The molecule has 2 aliphatic heterocycles. The van der Waals surface area contributed by atoms with E-state index in [1.807, 2.05) is 23.1 Å². The van der Waals surface area contributed by atoms with Crippen molar-refractivity contribution in [3.63, 3.8) is 0 Å². The maximum absolute atomic E-state index is 12.3. The van der Waals surface area contributed by atoms with E-state index in [-0.39, 0.29) is 5.91 Å². The first kappa shape index (κ1) is 16.7. The highest BCUT2D eigenvalue weighted by Gasteiger charge is 2.22. The summed E-state index contributed by atoms with van der Waals surface area (Å²) in [5, 5.41) is 0.789. The van der Waals surface area contributed by atoms with Crippen LogP contribution in [0.2, 0.25) is 5.02 Å². The molecular formula is C17H24ClN3O2. The fraction of sp³-hybridized carbons (Fsp3) is 0.588. The van der Waals surface area contributed by atoms with E-state index in [0.29, 0.717) is 19.8 Å². The maximum atomic E-state index is 12.3. The Morgan fingerprint density at radius 1 is 1.04 bits per heavy atom. The molecule has 0 atom stereocenters. The number of rotatable bonds is 4. The number of hydrogen-bond acceptors (Lipinski definition) is 4. The zero-order chi connectivity index (χ0) is 16.1. The number of ether oxygens (including phenoxy) is 1. The molecule has 126 valence electrons. The second kappa shape index (κ2) is 8.11. The first-order valence-electron chi connectivity index (χ1n) is 8.25. The maximum Gasteiger partial charge on any atom is 0.236 e. The zero-order valence-corrected chi connectivity index (χ0v) is 14.2. The lowest BCUT2D eigenvalue weighted by atomic mass is 10.2. The van der Waals surface area contributed by atoms with Crippen LogP contribution >= 0.6 is 11.6 Å². The molecule has 23 heavy (non-hydrogen) atoms. The van der Waals surface area contributed by atoms with Crippen LogP contribution in [-0.2, 0) is 16.1 Å². The number of nitrogens with zero attached hydrogens (tertiary/aromatic N) is 3. The number of piperazine rings is 1. The number of benzene rings is 1. The van der Waals surface area contributed by atoms with Crippen LogP contribution in [0.15, 0.2) is 24.3 Å². The van der Waals surface area contributed by atoms with E-state index in [4.69, 9.17) is 16.3 Å². The molecule has 0 spiro atoms. The molecule has 0 unspecified atom stereocenters. The van der Waals surface area contributed by atoms with Crippen LogP contribution in [0.25, 0.3) is 0 Å². The number of carbonyl (C=O) groups is 1. The van der Waals surface area contributed by atoms with Crippen LogP contribution in [0.3, 0.4) is 0 Å². The molecule has 1 amide bonds.